The Morgan fingerprint density at radius 1 is 1.75 bits per heavy atom. The van der Waals surface area contributed by atoms with Crippen LogP contribution in [0.5, 0.6) is 0 Å². The molecule has 6 nitrogen and oxygen atoms in total. The zero-order valence-corrected chi connectivity index (χ0v) is 10.5. The van der Waals surface area contributed by atoms with Crippen LogP contribution in [-0.4, -0.2) is 46.6 Å². The molecule has 2 heterocycles. The SMILES string of the molecule is Cn1nnc(Br)c1C(=O)CC1COCCN1. The van der Waals surface area contributed by atoms with Gasteiger partial charge in [-0.1, -0.05) is 5.21 Å². The Morgan fingerprint density at radius 3 is 3.12 bits per heavy atom. The average molecular weight is 289 g/mol. The first-order valence-corrected chi connectivity index (χ1v) is 5.87. The molecule has 1 saturated heterocycles. The van der Waals surface area contributed by atoms with Crippen molar-refractivity contribution in [2.75, 3.05) is 19.8 Å². The maximum atomic E-state index is 12.0. The Labute approximate surface area is 101 Å². The van der Waals surface area contributed by atoms with Gasteiger partial charge in [-0.15, -0.1) is 5.10 Å². The standard InChI is InChI=1S/C9H13BrN4O2/c1-14-8(9(10)12-13-14)7(15)4-6-5-16-3-2-11-6/h6,11H,2-5H2,1H3. The number of aromatic nitrogens is 3. The predicted molar refractivity (Wildman–Crippen MR) is 60.3 cm³/mol. The van der Waals surface area contributed by atoms with E-state index in [1.54, 1.807) is 7.05 Å². The zero-order chi connectivity index (χ0) is 11.5. The van der Waals surface area contributed by atoms with Crippen LogP contribution in [0.1, 0.15) is 16.9 Å². The molecule has 0 amide bonds. The molecule has 88 valence electrons. The molecule has 2 rings (SSSR count). The van der Waals surface area contributed by atoms with Gasteiger partial charge in [-0.05, 0) is 15.9 Å². The van der Waals surface area contributed by atoms with Crippen molar-refractivity contribution in [1.82, 2.24) is 20.3 Å². The second kappa shape index (κ2) is 5.03. The van der Waals surface area contributed by atoms with E-state index < -0.39 is 0 Å². The number of halogens is 1. The van der Waals surface area contributed by atoms with Gasteiger partial charge in [0.05, 0.1) is 13.2 Å². The fraction of sp³-hybridized carbons (Fsp3) is 0.667. The minimum atomic E-state index is 0.0161. The Balaban J connectivity index is 2.02. The number of nitrogens with one attached hydrogen (secondary N) is 1. The van der Waals surface area contributed by atoms with Crippen LogP contribution < -0.4 is 5.32 Å². The van der Waals surface area contributed by atoms with Gasteiger partial charge in [-0.25, -0.2) is 4.68 Å². The molecule has 16 heavy (non-hydrogen) atoms. The summed E-state index contributed by atoms with van der Waals surface area (Å²) in [4.78, 5) is 12.0. The molecular weight excluding hydrogens is 276 g/mol. The smallest absolute Gasteiger partial charge is 0.185 e. The zero-order valence-electron chi connectivity index (χ0n) is 8.94. The van der Waals surface area contributed by atoms with Gasteiger partial charge in [-0.2, -0.15) is 0 Å². The molecule has 0 bridgehead atoms. The normalized spacial score (nSPS) is 21.0. The molecule has 1 unspecified atom stereocenters. The third-order valence-electron chi connectivity index (χ3n) is 2.48. The van der Waals surface area contributed by atoms with Crippen molar-refractivity contribution >= 4 is 21.7 Å². The number of aryl methyl sites for hydroxylation is 1. The van der Waals surface area contributed by atoms with E-state index in [0.717, 1.165) is 6.54 Å². The highest BCUT2D eigenvalue weighted by molar-refractivity contribution is 9.10. The molecule has 1 aliphatic heterocycles. The van der Waals surface area contributed by atoms with Gasteiger partial charge in [0, 0.05) is 26.1 Å². The van der Waals surface area contributed by atoms with E-state index in [0.29, 0.717) is 29.9 Å². The summed E-state index contributed by atoms with van der Waals surface area (Å²) < 4.78 is 7.28. The maximum Gasteiger partial charge on any atom is 0.185 e. The van der Waals surface area contributed by atoms with Crippen molar-refractivity contribution in [2.45, 2.75) is 12.5 Å². The van der Waals surface area contributed by atoms with Crippen LogP contribution in [0, 0.1) is 0 Å². The molecule has 1 fully saturated rings. The highest BCUT2D eigenvalue weighted by Gasteiger charge is 2.22. The first-order valence-electron chi connectivity index (χ1n) is 5.08. The summed E-state index contributed by atoms with van der Waals surface area (Å²) in [6.07, 6.45) is 0.403. The van der Waals surface area contributed by atoms with Crippen molar-refractivity contribution in [2.24, 2.45) is 7.05 Å². The number of hydrogen-bond donors (Lipinski definition) is 1. The van der Waals surface area contributed by atoms with E-state index in [2.05, 4.69) is 31.6 Å². The van der Waals surface area contributed by atoms with Crippen LogP contribution in [0.3, 0.4) is 0 Å². The fourth-order valence-electron chi connectivity index (χ4n) is 1.70. The van der Waals surface area contributed by atoms with Gasteiger partial charge in [-0.3, -0.25) is 4.79 Å². The van der Waals surface area contributed by atoms with Crippen LogP contribution in [0.2, 0.25) is 0 Å². The minimum Gasteiger partial charge on any atom is -0.378 e. The third-order valence-corrected chi connectivity index (χ3v) is 3.01. The molecule has 1 aromatic rings. The van der Waals surface area contributed by atoms with Crippen LogP contribution in [-0.2, 0) is 11.8 Å². The summed E-state index contributed by atoms with van der Waals surface area (Å²) in [6.45, 7) is 2.08. The summed E-state index contributed by atoms with van der Waals surface area (Å²) in [6, 6.07) is 0.0862. The number of carbonyl (C=O) groups excluding carboxylic acids is 1. The molecule has 1 atom stereocenters. The van der Waals surface area contributed by atoms with Crippen LogP contribution >= 0.6 is 15.9 Å². The molecule has 1 N–H and O–H groups in total. The van der Waals surface area contributed by atoms with Crippen molar-refractivity contribution in [1.29, 1.82) is 0 Å². The second-order valence-electron chi connectivity index (χ2n) is 3.71. The third kappa shape index (κ3) is 2.47. The largest absolute Gasteiger partial charge is 0.378 e. The van der Waals surface area contributed by atoms with Crippen molar-refractivity contribution in [3.8, 4) is 0 Å². The Bertz CT molecular complexity index is 367. The van der Waals surface area contributed by atoms with E-state index in [1.165, 1.54) is 4.68 Å². The second-order valence-corrected chi connectivity index (χ2v) is 4.46. The molecule has 0 aliphatic carbocycles. The van der Waals surface area contributed by atoms with Crippen LogP contribution in [0.15, 0.2) is 4.60 Å². The molecule has 0 aromatic carbocycles. The van der Waals surface area contributed by atoms with Gasteiger partial charge >= 0.3 is 0 Å². The van der Waals surface area contributed by atoms with Gasteiger partial charge in [0.1, 0.15) is 5.69 Å². The predicted octanol–water partition coefficient (Wildman–Crippen LogP) is 0.139. The van der Waals surface area contributed by atoms with E-state index in [-0.39, 0.29) is 11.8 Å². The molecule has 0 radical (unpaired) electrons. The number of Topliss-reactive ketones (excluding diaryl/α,β-unsaturated/α-hetero) is 1. The van der Waals surface area contributed by atoms with E-state index in [4.69, 9.17) is 4.74 Å². The van der Waals surface area contributed by atoms with E-state index >= 15 is 0 Å². The highest BCUT2D eigenvalue weighted by atomic mass is 79.9. The maximum absolute atomic E-state index is 12.0. The molecule has 1 aromatic heterocycles. The monoisotopic (exact) mass is 288 g/mol. The minimum absolute atomic E-state index is 0.0161. The van der Waals surface area contributed by atoms with Crippen molar-refractivity contribution < 1.29 is 9.53 Å². The first-order chi connectivity index (χ1) is 7.68. The lowest BCUT2D eigenvalue weighted by Crippen LogP contribution is -2.42. The van der Waals surface area contributed by atoms with Crippen molar-refractivity contribution in [3.63, 3.8) is 0 Å². The van der Waals surface area contributed by atoms with Gasteiger partial charge in [0.15, 0.2) is 10.4 Å². The summed E-state index contributed by atoms with van der Waals surface area (Å²) in [5, 5.41) is 10.8. The summed E-state index contributed by atoms with van der Waals surface area (Å²) in [5.41, 5.74) is 0.507. The molecule has 7 heteroatoms. The highest BCUT2D eigenvalue weighted by Crippen LogP contribution is 2.15. The number of carbonyl (C=O) groups is 1. The Morgan fingerprint density at radius 2 is 2.56 bits per heavy atom. The Hall–Kier alpha value is -0.790. The van der Waals surface area contributed by atoms with Gasteiger partial charge in [0.25, 0.3) is 0 Å². The number of hydrogen-bond acceptors (Lipinski definition) is 5. The quantitative estimate of drug-likeness (QED) is 0.802. The van der Waals surface area contributed by atoms with Crippen molar-refractivity contribution in [3.05, 3.63) is 10.3 Å². The summed E-state index contributed by atoms with van der Waals surface area (Å²) in [7, 11) is 1.70. The molecular formula is C9H13BrN4O2. The topological polar surface area (TPSA) is 69.0 Å². The van der Waals surface area contributed by atoms with E-state index in [9.17, 15) is 4.79 Å². The fourth-order valence-corrected chi connectivity index (χ4v) is 2.25. The number of ketones is 1. The molecule has 1 aliphatic rings. The van der Waals surface area contributed by atoms with E-state index in [1.807, 2.05) is 0 Å². The molecule has 0 saturated carbocycles. The summed E-state index contributed by atoms with van der Waals surface area (Å²) in [5.74, 6) is 0.0161. The Kier molecular flexibility index (Phi) is 3.67. The molecule has 0 spiro atoms. The van der Waals surface area contributed by atoms with Crippen LogP contribution in [0.25, 0.3) is 0 Å². The number of rotatable bonds is 3. The number of nitrogens with zero attached hydrogens (tertiary/aromatic N) is 3. The lowest BCUT2D eigenvalue weighted by molar-refractivity contribution is 0.0672. The summed E-state index contributed by atoms with van der Waals surface area (Å²) >= 11 is 3.22. The lowest BCUT2D eigenvalue weighted by atomic mass is 10.1. The number of morpholine rings is 1. The average Bonchev–Trinajstić information content (AvgIpc) is 2.60. The van der Waals surface area contributed by atoms with Crippen LogP contribution in [0.4, 0.5) is 0 Å². The number of ether oxygens (including phenoxy) is 1. The first kappa shape index (κ1) is 11.7. The van der Waals surface area contributed by atoms with Gasteiger partial charge < -0.3 is 10.1 Å². The van der Waals surface area contributed by atoms with Gasteiger partial charge in [0.2, 0.25) is 0 Å². The lowest BCUT2D eigenvalue weighted by Gasteiger charge is -2.22.